The number of allylic oxidation sites excluding steroid dienone is 2. The van der Waals surface area contributed by atoms with E-state index in [1.165, 1.54) is 0 Å². The van der Waals surface area contributed by atoms with Gasteiger partial charge in [-0.05, 0) is 24.6 Å². The predicted molar refractivity (Wildman–Crippen MR) is 42.7 cm³/mol. The number of hydrogen-bond donors (Lipinski definition) is 0. The Morgan fingerprint density at radius 3 is 2.90 bits per heavy atom. The molecule has 1 heterocycles. The van der Waals surface area contributed by atoms with Gasteiger partial charge in [-0.25, -0.2) is 0 Å². The fourth-order valence-corrected chi connectivity index (χ4v) is 0.711. The van der Waals surface area contributed by atoms with Gasteiger partial charge in [-0.15, -0.1) is 0 Å². The minimum atomic E-state index is 0.903. The van der Waals surface area contributed by atoms with Crippen molar-refractivity contribution in [3.8, 4) is 0 Å². The number of aryl methyl sites for hydroxylation is 1. The van der Waals surface area contributed by atoms with E-state index in [-0.39, 0.29) is 0 Å². The molecule has 0 fully saturated rings. The highest BCUT2D eigenvalue weighted by Crippen LogP contribution is 2.09. The minimum absolute atomic E-state index is 0.903. The summed E-state index contributed by atoms with van der Waals surface area (Å²) in [5.41, 5.74) is 1.15. The summed E-state index contributed by atoms with van der Waals surface area (Å²) < 4.78 is 5.13. The summed E-state index contributed by atoms with van der Waals surface area (Å²) in [4.78, 5) is 0. The van der Waals surface area contributed by atoms with Crippen LogP contribution >= 0.6 is 0 Å². The summed E-state index contributed by atoms with van der Waals surface area (Å²) in [7, 11) is 0. The van der Waals surface area contributed by atoms with Crippen molar-refractivity contribution in [1.82, 2.24) is 0 Å². The summed E-state index contributed by atoms with van der Waals surface area (Å²) in [6, 6.07) is 1.93. The van der Waals surface area contributed by atoms with E-state index in [9.17, 15) is 0 Å². The summed E-state index contributed by atoms with van der Waals surface area (Å²) in [6.45, 7) is 5.57. The van der Waals surface area contributed by atoms with Crippen LogP contribution in [0.2, 0.25) is 0 Å². The van der Waals surface area contributed by atoms with Crippen molar-refractivity contribution in [1.29, 1.82) is 0 Å². The Balaban J connectivity index is 2.83. The monoisotopic (exact) mass is 134 g/mol. The molecule has 0 aliphatic carbocycles. The fraction of sp³-hybridized carbons (Fsp3) is 0.111. The van der Waals surface area contributed by atoms with Gasteiger partial charge in [-0.2, -0.15) is 0 Å². The third kappa shape index (κ3) is 1.38. The summed E-state index contributed by atoms with van der Waals surface area (Å²) >= 11 is 0. The first-order chi connectivity index (χ1) is 4.84. The third-order valence-electron chi connectivity index (χ3n) is 1.29. The topological polar surface area (TPSA) is 13.1 Å². The summed E-state index contributed by atoms with van der Waals surface area (Å²) in [5.74, 6) is 0.903. The van der Waals surface area contributed by atoms with E-state index in [2.05, 4.69) is 6.58 Å². The first-order valence-corrected chi connectivity index (χ1v) is 3.18. The average molecular weight is 134 g/mol. The molecule has 0 saturated carbocycles. The van der Waals surface area contributed by atoms with Crippen molar-refractivity contribution in [3.63, 3.8) is 0 Å². The van der Waals surface area contributed by atoms with Gasteiger partial charge in [0.05, 0.1) is 6.26 Å². The van der Waals surface area contributed by atoms with Crippen LogP contribution in [0.15, 0.2) is 35.5 Å². The van der Waals surface area contributed by atoms with Crippen LogP contribution in [0, 0.1) is 6.92 Å². The molecule has 1 aromatic rings. The van der Waals surface area contributed by atoms with Crippen LogP contribution in [0.3, 0.4) is 0 Å². The van der Waals surface area contributed by atoms with E-state index in [4.69, 9.17) is 4.42 Å². The van der Waals surface area contributed by atoms with E-state index < -0.39 is 0 Å². The van der Waals surface area contributed by atoms with Crippen LogP contribution in [0.25, 0.3) is 6.08 Å². The Morgan fingerprint density at radius 1 is 1.60 bits per heavy atom. The average Bonchev–Trinajstić information content (AvgIpc) is 2.31. The zero-order valence-corrected chi connectivity index (χ0v) is 6.00. The maximum absolute atomic E-state index is 5.13. The molecular weight excluding hydrogens is 124 g/mol. The molecular formula is C9H10O. The molecule has 1 nitrogen and oxygen atoms in total. The predicted octanol–water partition coefficient (Wildman–Crippen LogP) is 2.79. The smallest absolute Gasteiger partial charge is 0.129 e. The van der Waals surface area contributed by atoms with Gasteiger partial charge >= 0.3 is 0 Å². The molecule has 0 aliphatic rings. The minimum Gasteiger partial charge on any atom is -0.465 e. The van der Waals surface area contributed by atoms with Gasteiger partial charge in [0.25, 0.3) is 0 Å². The summed E-state index contributed by atoms with van der Waals surface area (Å²) in [5, 5.41) is 0. The lowest BCUT2D eigenvalue weighted by Gasteiger charge is -1.84. The highest BCUT2D eigenvalue weighted by molar-refractivity contribution is 5.48. The second-order valence-corrected chi connectivity index (χ2v) is 2.06. The Hall–Kier alpha value is -1.24. The first kappa shape index (κ1) is 6.87. The zero-order valence-electron chi connectivity index (χ0n) is 6.00. The second-order valence-electron chi connectivity index (χ2n) is 2.06. The van der Waals surface area contributed by atoms with Crippen molar-refractivity contribution in [2.75, 3.05) is 0 Å². The molecule has 0 N–H and O–H groups in total. The second kappa shape index (κ2) is 3.06. The fourth-order valence-electron chi connectivity index (χ4n) is 0.711. The van der Waals surface area contributed by atoms with Crippen LogP contribution in [-0.4, -0.2) is 0 Å². The molecule has 0 amide bonds. The van der Waals surface area contributed by atoms with Crippen LogP contribution in [0.5, 0.6) is 0 Å². The van der Waals surface area contributed by atoms with Crippen molar-refractivity contribution < 1.29 is 4.42 Å². The molecule has 1 aromatic heterocycles. The lowest BCUT2D eigenvalue weighted by Crippen LogP contribution is -1.66. The molecule has 0 unspecified atom stereocenters. The van der Waals surface area contributed by atoms with Crippen molar-refractivity contribution in [3.05, 3.63) is 42.4 Å². The van der Waals surface area contributed by atoms with E-state index in [1.54, 1.807) is 12.3 Å². The lowest BCUT2D eigenvalue weighted by atomic mass is 10.2. The molecule has 1 rings (SSSR count). The molecule has 0 spiro atoms. The maximum atomic E-state index is 5.13. The molecule has 0 aliphatic heterocycles. The molecule has 0 atom stereocenters. The molecule has 0 bridgehead atoms. The Labute approximate surface area is 60.7 Å². The van der Waals surface area contributed by atoms with E-state index in [0.717, 1.165) is 11.3 Å². The van der Waals surface area contributed by atoms with Gasteiger partial charge in [0.15, 0.2) is 0 Å². The Morgan fingerprint density at radius 2 is 2.40 bits per heavy atom. The quantitative estimate of drug-likeness (QED) is 0.567. The molecule has 10 heavy (non-hydrogen) atoms. The molecule has 0 aromatic carbocycles. The number of rotatable bonds is 2. The van der Waals surface area contributed by atoms with Gasteiger partial charge in [-0.3, -0.25) is 0 Å². The van der Waals surface area contributed by atoms with Crippen molar-refractivity contribution in [2.24, 2.45) is 0 Å². The molecule has 1 heteroatoms. The van der Waals surface area contributed by atoms with Crippen LogP contribution < -0.4 is 0 Å². The summed E-state index contributed by atoms with van der Waals surface area (Å²) in [6.07, 6.45) is 7.15. The van der Waals surface area contributed by atoms with Crippen molar-refractivity contribution >= 4 is 6.08 Å². The van der Waals surface area contributed by atoms with Crippen LogP contribution in [0.1, 0.15) is 11.3 Å². The largest absolute Gasteiger partial charge is 0.465 e. The van der Waals surface area contributed by atoms with E-state index in [0.29, 0.717) is 0 Å². The maximum Gasteiger partial charge on any atom is 0.129 e. The third-order valence-corrected chi connectivity index (χ3v) is 1.29. The van der Waals surface area contributed by atoms with Gasteiger partial charge in [0.1, 0.15) is 5.76 Å². The highest BCUT2D eigenvalue weighted by atomic mass is 16.3. The van der Waals surface area contributed by atoms with Gasteiger partial charge in [0.2, 0.25) is 0 Å². The van der Waals surface area contributed by atoms with Crippen molar-refractivity contribution in [2.45, 2.75) is 6.92 Å². The SMILES string of the molecule is C=C/C=C\c1occc1C. The molecule has 0 radical (unpaired) electrons. The van der Waals surface area contributed by atoms with Crippen LogP contribution in [-0.2, 0) is 0 Å². The van der Waals surface area contributed by atoms with E-state index >= 15 is 0 Å². The Bertz CT molecular complexity index is 243. The van der Waals surface area contributed by atoms with Crippen LogP contribution in [0.4, 0.5) is 0 Å². The lowest BCUT2D eigenvalue weighted by molar-refractivity contribution is 0.555. The highest BCUT2D eigenvalue weighted by Gasteiger charge is 1.93. The standard InChI is InChI=1S/C9H10O/c1-3-4-5-9-8(2)6-7-10-9/h3-7H,1H2,2H3/b5-4-. The Kier molecular flexibility index (Phi) is 2.11. The number of furan rings is 1. The molecule has 52 valence electrons. The van der Waals surface area contributed by atoms with Gasteiger partial charge < -0.3 is 4.42 Å². The van der Waals surface area contributed by atoms with E-state index in [1.807, 2.05) is 25.1 Å². The zero-order chi connectivity index (χ0) is 7.40. The van der Waals surface area contributed by atoms with Gasteiger partial charge in [0, 0.05) is 0 Å². The molecule has 0 saturated heterocycles. The number of hydrogen-bond acceptors (Lipinski definition) is 1. The van der Waals surface area contributed by atoms with Gasteiger partial charge in [-0.1, -0.05) is 18.7 Å². The normalized spacial score (nSPS) is 10.5. The first-order valence-electron chi connectivity index (χ1n) is 3.18.